The molecule has 0 aromatic carbocycles. The van der Waals surface area contributed by atoms with E-state index in [0.29, 0.717) is 25.2 Å². The number of imide groups is 1. The van der Waals surface area contributed by atoms with Crippen LogP contribution in [0.1, 0.15) is 33.1 Å². The van der Waals surface area contributed by atoms with E-state index in [1.165, 1.54) is 23.3 Å². The van der Waals surface area contributed by atoms with E-state index in [1.807, 2.05) is 0 Å². The fraction of sp³-hybridized carbons (Fsp3) is 0.684. The van der Waals surface area contributed by atoms with Gasteiger partial charge in [0.1, 0.15) is 0 Å². The van der Waals surface area contributed by atoms with Crippen molar-refractivity contribution in [3.63, 3.8) is 0 Å². The largest absolute Gasteiger partial charge is 0.480 e. The Balaban J connectivity index is 0.00000141. The standard InChI is InChI=1S/C16H25N5O6.C3H8/c1-10(17)18-5-3-4-11-12(14(23)24)21(13(11)22)15(25)19-6-8-20(9-7-19)16(26)27-2;1-3-2/h11-12,18H,1,3-9,17H2,2H3,(H,23,24);3H2,1-2H3/t11-,12?;/m1./s1. The van der Waals surface area contributed by atoms with Crippen molar-refractivity contribution < 1.29 is 29.0 Å². The number of carboxylic acids is 1. The molecule has 0 aromatic rings. The number of nitrogens with two attached hydrogens (primary N) is 1. The Morgan fingerprint density at radius 1 is 1.20 bits per heavy atom. The second-order valence-electron chi connectivity index (χ2n) is 7.13. The zero-order valence-electron chi connectivity index (χ0n) is 17.9. The first-order chi connectivity index (χ1) is 14.2. The third-order valence-corrected chi connectivity index (χ3v) is 4.70. The fourth-order valence-electron chi connectivity index (χ4n) is 3.26. The Morgan fingerprint density at radius 3 is 2.20 bits per heavy atom. The quantitative estimate of drug-likeness (QED) is 0.413. The Morgan fingerprint density at radius 2 is 1.73 bits per heavy atom. The number of nitrogens with one attached hydrogen (secondary N) is 1. The molecule has 2 saturated heterocycles. The molecule has 2 heterocycles. The third kappa shape index (κ3) is 6.26. The lowest BCUT2D eigenvalue weighted by Gasteiger charge is -2.46. The molecule has 0 radical (unpaired) electrons. The van der Waals surface area contributed by atoms with Gasteiger partial charge in [0.25, 0.3) is 0 Å². The summed E-state index contributed by atoms with van der Waals surface area (Å²) in [5.41, 5.74) is 5.38. The highest BCUT2D eigenvalue weighted by molar-refractivity contribution is 6.07. The topological polar surface area (TPSA) is 146 Å². The summed E-state index contributed by atoms with van der Waals surface area (Å²) in [7, 11) is 1.27. The number of ether oxygens (including phenoxy) is 1. The molecule has 1 unspecified atom stereocenters. The Bertz CT molecular complexity index is 647. The number of nitrogens with zero attached hydrogens (tertiary/aromatic N) is 3. The van der Waals surface area contributed by atoms with Crippen molar-refractivity contribution in [3.05, 3.63) is 12.4 Å². The van der Waals surface area contributed by atoms with Crippen LogP contribution in [-0.2, 0) is 14.3 Å². The Kier molecular flexibility index (Phi) is 9.93. The lowest BCUT2D eigenvalue weighted by molar-refractivity contribution is -0.167. The molecule has 2 atom stereocenters. The number of likely N-dealkylation sites (tertiary alicyclic amines) is 1. The number of methoxy groups -OCH3 is 1. The first-order valence-corrected chi connectivity index (χ1v) is 10.0. The number of rotatable bonds is 6. The van der Waals surface area contributed by atoms with Crippen molar-refractivity contribution in [1.82, 2.24) is 20.0 Å². The molecule has 11 nitrogen and oxygen atoms in total. The van der Waals surface area contributed by atoms with Gasteiger partial charge >= 0.3 is 18.1 Å². The van der Waals surface area contributed by atoms with Crippen molar-refractivity contribution in [2.45, 2.75) is 39.2 Å². The summed E-state index contributed by atoms with van der Waals surface area (Å²) in [5, 5.41) is 12.3. The highest BCUT2D eigenvalue weighted by atomic mass is 16.5. The lowest BCUT2D eigenvalue weighted by Crippen LogP contribution is -2.69. The highest BCUT2D eigenvalue weighted by Gasteiger charge is 2.55. The zero-order chi connectivity index (χ0) is 22.8. The maximum Gasteiger partial charge on any atom is 0.409 e. The molecule has 0 bridgehead atoms. The van der Waals surface area contributed by atoms with Crippen LogP contribution in [0.4, 0.5) is 9.59 Å². The minimum Gasteiger partial charge on any atom is -0.480 e. The van der Waals surface area contributed by atoms with Crippen LogP contribution in [0.15, 0.2) is 12.4 Å². The van der Waals surface area contributed by atoms with Crippen molar-refractivity contribution in [2.24, 2.45) is 11.7 Å². The van der Waals surface area contributed by atoms with E-state index in [-0.39, 0.29) is 26.2 Å². The van der Waals surface area contributed by atoms with Crippen molar-refractivity contribution in [2.75, 3.05) is 39.8 Å². The number of hydrogen-bond donors (Lipinski definition) is 3. The van der Waals surface area contributed by atoms with E-state index in [9.17, 15) is 24.3 Å². The van der Waals surface area contributed by atoms with E-state index < -0.39 is 36.0 Å². The molecule has 0 aromatic heterocycles. The summed E-state index contributed by atoms with van der Waals surface area (Å²) < 4.78 is 4.63. The number of amides is 4. The zero-order valence-corrected chi connectivity index (χ0v) is 17.9. The van der Waals surface area contributed by atoms with Gasteiger partial charge in [0.05, 0.1) is 18.8 Å². The molecule has 0 saturated carbocycles. The number of urea groups is 1. The molecule has 2 aliphatic rings. The van der Waals surface area contributed by atoms with Crippen LogP contribution in [0.25, 0.3) is 0 Å². The molecule has 4 amide bonds. The average Bonchev–Trinajstić information content (AvgIpc) is 2.70. The predicted octanol–water partition coefficient (Wildman–Crippen LogP) is 0.618. The maximum absolute atomic E-state index is 12.6. The molecular weight excluding hydrogens is 394 g/mol. The number of piperazine rings is 1. The highest BCUT2D eigenvalue weighted by Crippen LogP contribution is 2.32. The van der Waals surface area contributed by atoms with Crippen LogP contribution in [0.5, 0.6) is 0 Å². The summed E-state index contributed by atoms with van der Waals surface area (Å²) in [4.78, 5) is 51.7. The summed E-state index contributed by atoms with van der Waals surface area (Å²) in [6.07, 6.45) is 1.62. The monoisotopic (exact) mass is 427 g/mol. The molecule has 11 heteroatoms. The molecule has 170 valence electrons. The maximum atomic E-state index is 12.6. The second-order valence-corrected chi connectivity index (χ2v) is 7.13. The van der Waals surface area contributed by atoms with Gasteiger partial charge in [-0.25, -0.2) is 19.3 Å². The minimum atomic E-state index is -1.21. The normalized spacial score (nSPS) is 20.5. The van der Waals surface area contributed by atoms with Crippen molar-refractivity contribution >= 4 is 24.0 Å². The van der Waals surface area contributed by atoms with Crippen LogP contribution in [0.3, 0.4) is 0 Å². The molecule has 2 fully saturated rings. The van der Waals surface area contributed by atoms with Crippen molar-refractivity contribution in [1.29, 1.82) is 0 Å². The lowest BCUT2D eigenvalue weighted by atomic mass is 9.83. The van der Waals surface area contributed by atoms with E-state index >= 15 is 0 Å². The summed E-state index contributed by atoms with van der Waals surface area (Å²) in [6, 6.07) is -1.81. The van der Waals surface area contributed by atoms with Gasteiger partial charge in [-0.05, 0) is 12.8 Å². The fourth-order valence-corrected chi connectivity index (χ4v) is 3.26. The second kappa shape index (κ2) is 11.9. The molecule has 0 spiro atoms. The predicted molar refractivity (Wildman–Crippen MR) is 109 cm³/mol. The minimum absolute atomic E-state index is 0.206. The smallest absolute Gasteiger partial charge is 0.409 e. The molecule has 4 N–H and O–H groups in total. The number of carbonyl (C=O) groups is 4. The van der Waals surface area contributed by atoms with Gasteiger partial charge in [0.15, 0.2) is 6.04 Å². The number of carboxylic acid groups (broad SMARTS) is 1. The van der Waals surface area contributed by atoms with E-state index in [1.54, 1.807) is 0 Å². The number of aliphatic carboxylic acids is 1. The van der Waals surface area contributed by atoms with Crippen LogP contribution < -0.4 is 11.1 Å². The van der Waals surface area contributed by atoms with E-state index in [0.717, 1.165) is 4.90 Å². The van der Waals surface area contributed by atoms with Crippen LogP contribution in [-0.4, -0.2) is 89.7 Å². The van der Waals surface area contributed by atoms with Crippen LogP contribution in [0.2, 0.25) is 0 Å². The van der Waals surface area contributed by atoms with Gasteiger partial charge in [-0.15, -0.1) is 0 Å². The molecule has 30 heavy (non-hydrogen) atoms. The first-order valence-electron chi connectivity index (χ1n) is 10.0. The van der Waals surface area contributed by atoms with E-state index in [2.05, 4.69) is 30.5 Å². The Labute approximate surface area is 176 Å². The molecule has 2 aliphatic heterocycles. The SMILES string of the molecule is C=C(N)NCCC[C@H]1C(=O)N(C(=O)N2CCN(C(=O)OC)CC2)C1C(=O)O.CCC. The average molecular weight is 428 g/mol. The summed E-state index contributed by atoms with van der Waals surface area (Å²) in [6.45, 7) is 9.14. The molecular formula is C19H33N5O6. The van der Waals surface area contributed by atoms with Crippen LogP contribution >= 0.6 is 0 Å². The van der Waals surface area contributed by atoms with Gasteiger partial charge in [-0.2, -0.15) is 0 Å². The van der Waals surface area contributed by atoms with Gasteiger partial charge in [-0.3, -0.25) is 4.79 Å². The summed E-state index contributed by atoms with van der Waals surface area (Å²) in [5.74, 6) is -2.14. The number of carbonyl (C=O) groups excluding carboxylic acids is 3. The van der Waals surface area contributed by atoms with Crippen molar-refractivity contribution in [3.8, 4) is 0 Å². The van der Waals surface area contributed by atoms with Gasteiger partial charge in [0, 0.05) is 32.7 Å². The Hall–Kier alpha value is -2.98. The van der Waals surface area contributed by atoms with Crippen LogP contribution in [0, 0.1) is 5.92 Å². The number of hydrogen-bond acceptors (Lipinski definition) is 7. The van der Waals surface area contributed by atoms with Gasteiger partial charge in [0.2, 0.25) is 5.91 Å². The third-order valence-electron chi connectivity index (χ3n) is 4.70. The number of β-lactam (4-membered cyclic amide) rings is 1. The van der Waals surface area contributed by atoms with E-state index in [4.69, 9.17) is 5.73 Å². The summed E-state index contributed by atoms with van der Waals surface area (Å²) >= 11 is 0. The molecule has 2 rings (SSSR count). The first kappa shape index (κ1) is 25.1. The van der Waals surface area contributed by atoms with Gasteiger partial charge < -0.3 is 30.7 Å². The molecule has 0 aliphatic carbocycles. The van der Waals surface area contributed by atoms with Gasteiger partial charge in [-0.1, -0.05) is 26.8 Å².